The van der Waals surface area contributed by atoms with E-state index in [-0.39, 0.29) is 17.7 Å². The van der Waals surface area contributed by atoms with Crippen LogP contribution in [0.5, 0.6) is 0 Å². The second-order valence-electron chi connectivity index (χ2n) is 7.08. The largest absolute Gasteiger partial charge is 0.392 e. The number of benzene rings is 1. The summed E-state index contributed by atoms with van der Waals surface area (Å²) in [6, 6.07) is 5.07. The van der Waals surface area contributed by atoms with Gasteiger partial charge in [0.1, 0.15) is 11.2 Å². The Morgan fingerprint density at radius 3 is 2.76 bits per heavy atom. The van der Waals surface area contributed by atoms with Crippen molar-refractivity contribution in [3.05, 3.63) is 52.4 Å². The summed E-state index contributed by atoms with van der Waals surface area (Å²) < 4.78 is 0. The molecule has 0 saturated carbocycles. The lowest BCUT2D eigenvalue weighted by Gasteiger charge is -2.14. The van der Waals surface area contributed by atoms with E-state index in [1.54, 1.807) is 31.3 Å². The summed E-state index contributed by atoms with van der Waals surface area (Å²) in [5.41, 5.74) is 2.86. The summed E-state index contributed by atoms with van der Waals surface area (Å²) in [5.74, 6) is -0.255. The monoisotopic (exact) mass is 414 g/mol. The van der Waals surface area contributed by atoms with E-state index in [2.05, 4.69) is 25.6 Å². The number of rotatable bonds is 7. The Morgan fingerprint density at radius 1 is 1.31 bits per heavy atom. The van der Waals surface area contributed by atoms with Crippen molar-refractivity contribution in [3.63, 3.8) is 0 Å². The molecule has 1 aromatic carbocycles. The van der Waals surface area contributed by atoms with Gasteiger partial charge in [-0.1, -0.05) is 11.6 Å². The summed E-state index contributed by atoms with van der Waals surface area (Å²) in [5, 5.41) is 24.6. The number of anilines is 1. The first-order valence-corrected chi connectivity index (χ1v) is 9.59. The topological polar surface area (TPSA) is 127 Å². The molecule has 152 valence electrons. The smallest absolute Gasteiger partial charge is 0.255 e. The minimum Gasteiger partial charge on any atom is -0.392 e. The summed E-state index contributed by atoms with van der Waals surface area (Å²) in [7, 11) is 0. The normalized spacial score (nSPS) is 12.2. The first kappa shape index (κ1) is 20.8. The lowest BCUT2D eigenvalue weighted by atomic mass is 10.0. The minimum absolute atomic E-state index is 0.0153. The van der Waals surface area contributed by atoms with Crippen molar-refractivity contribution in [1.82, 2.24) is 20.3 Å². The van der Waals surface area contributed by atoms with Gasteiger partial charge in [-0.15, -0.1) is 0 Å². The highest BCUT2D eigenvalue weighted by atomic mass is 35.5. The van der Waals surface area contributed by atoms with Crippen LogP contribution in [0.4, 0.5) is 5.69 Å². The van der Waals surface area contributed by atoms with E-state index < -0.39 is 6.10 Å². The van der Waals surface area contributed by atoms with Crippen molar-refractivity contribution < 1.29 is 9.90 Å². The fraction of sp³-hybridized carbons (Fsp3) is 0.300. The highest BCUT2D eigenvalue weighted by molar-refractivity contribution is 6.31. The molecule has 1 atom stereocenters. The maximum atomic E-state index is 12.4. The van der Waals surface area contributed by atoms with Crippen molar-refractivity contribution >= 4 is 40.1 Å². The zero-order valence-electron chi connectivity index (χ0n) is 16.4. The number of nitrogens with one attached hydrogen (secondary N) is 4. The van der Waals surface area contributed by atoms with Crippen molar-refractivity contribution in [2.75, 3.05) is 11.9 Å². The molecule has 0 radical (unpaired) electrons. The second kappa shape index (κ2) is 8.59. The molecule has 0 aliphatic rings. The molecule has 5 N–H and O–H groups in total. The maximum absolute atomic E-state index is 12.4. The van der Waals surface area contributed by atoms with Crippen LogP contribution in [0.2, 0.25) is 5.02 Å². The summed E-state index contributed by atoms with van der Waals surface area (Å²) in [4.78, 5) is 24.2. The number of H-pyrrole nitrogens is 1. The van der Waals surface area contributed by atoms with E-state index in [0.29, 0.717) is 45.2 Å². The van der Waals surface area contributed by atoms with Gasteiger partial charge in [-0.2, -0.15) is 0 Å². The summed E-state index contributed by atoms with van der Waals surface area (Å²) >= 11 is 6.09. The maximum Gasteiger partial charge on any atom is 0.255 e. The Labute approximate surface area is 173 Å². The van der Waals surface area contributed by atoms with Gasteiger partial charge in [-0.05, 0) is 39.0 Å². The molecule has 1 unspecified atom stereocenters. The molecule has 0 fully saturated rings. The number of aliphatic hydroxyl groups excluding tert-OH is 1. The van der Waals surface area contributed by atoms with E-state index >= 15 is 0 Å². The van der Waals surface area contributed by atoms with Crippen LogP contribution in [0.25, 0.3) is 11.2 Å². The van der Waals surface area contributed by atoms with Crippen molar-refractivity contribution in [1.29, 1.82) is 5.41 Å². The van der Waals surface area contributed by atoms with Crippen LogP contribution >= 0.6 is 11.6 Å². The van der Waals surface area contributed by atoms with Gasteiger partial charge in [0.15, 0.2) is 5.65 Å². The second-order valence-corrected chi connectivity index (χ2v) is 7.51. The number of aromatic amines is 1. The number of halogens is 1. The molecule has 29 heavy (non-hydrogen) atoms. The molecule has 2 aromatic heterocycles. The Hall–Kier alpha value is -2.97. The number of hydrogen-bond acceptors (Lipinski definition) is 6. The molecular weight excluding hydrogens is 392 g/mol. The number of nitrogens with zero attached hydrogens (tertiary/aromatic N) is 2. The van der Waals surface area contributed by atoms with Gasteiger partial charge in [0.05, 0.1) is 23.6 Å². The Bertz CT molecular complexity index is 1060. The zero-order chi connectivity index (χ0) is 21.1. The van der Waals surface area contributed by atoms with Crippen LogP contribution in [0, 0.1) is 5.41 Å². The number of hydrogen-bond donors (Lipinski definition) is 5. The number of aliphatic hydroxyl groups is 1. The van der Waals surface area contributed by atoms with Crippen molar-refractivity contribution in [2.45, 2.75) is 32.9 Å². The van der Waals surface area contributed by atoms with Crippen molar-refractivity contribution in [3.8, 4) is 0 Å². The first-order chi connectivity index (χ1) is 13.8. The lowest BCUT2D eigenvalue weighted by Crippen LogP contribution is -2.30. The molecule has 0 saturated heterocycles. The first-order valence-electron chi connectivity index (χ1n) is 9.22. The number of amides is 1. The van der Waals surface area contributed by atoms with Gasteiger partial charge < -0.3 is 20.7 Å². The Kier molecular flexibility index (Phi) is 6.14. The molecule has 0 spiro atoms. The molecule has 9 heteroatoms. The molecule has 8 nitrogen and oxygen atoms in total. The van der Waals surface area contributed by atoms with E-state index in [1.165, 1.54) is 6.20 Å². The van der Waals surface area contributed by atoms with Gasteiger partial charge in [-0.25, -0.2) is 9.97 Å². The Morgan fingerprint density at radius 2 is 2.07 bits per heavy atom. The molecule has 3 rings (SSSR count). The third kappa shape index (κ3) is 4.72. The fourth-order valence-corrected chi connectivity index (χ4v) is 2.97. The highest BCUT2D eigenvalue weighted by Crippen LogP contribution is 2.24. The van der Waals surface area contributed by atoms with Crippen LogP contribution in [0.1, 0.15) is 42.4 Å². The summed E-state index contributed by atoms with van der Waals surface area (Å²) in [6.07, 6.45) is 2.49. The predicted molar refractivity (Wildman–Crippen MR) is 114 cm³/mol. The lowest BCUT2D eigenvalue weighted by molar-refractivity contribution is 0.0944. The average molecular weight is 415 g/mol. The minimum atomic E-state index is -0.561. The van der Waals surface area contributed by atoms with Crippen LogP contribution in [-0.4, -0.2) is 50.4 Å². The number of fused-ring (bicyclic) bond motifs is 1. The van der Waals surface area contributed by atoms with Crippen molar-refractivity contribution in [2.24, 2.45) is 0 Å². The molecule has 0 aliphatic heterocycles. The SMILES string of the molecule is CC(O)CNc1cc(Cl)ccc1C(=N)c1cnc2[nH]cc(C(=O)NC(C)C)c2n1. The number of carbonyl (C=O) groups is 1. The van der Waals surface area contributed by atoms with Gasteiger partial charge in [0, 0.05) is 35.1 Å². The van der Waals surface area contributed by atoms with E-state index in [4.69, 9.17) is 17.0 Å². The summed E-state index contributed by atoms with van der Waals surface area (Å²) in [6.45, 7) is 5.73. The predicted octanol–water partition coefficient (Wildman–Crippen LogP) is 2.96. The van der Waals surface area contributed by atoms with E-state index in [1.807, 2.05) is 13.8 Å². The third-order valence-electron chi connectivity index (χ3n) is 4.14. The average Bonchev–Trinajstić information content (AvgIpc) is 3.08. The van der Waals surface area contributed by atoms with Gasteiger partial charge >= 0.3 is 0 Å². The van der Waals surface area contributed by atoms with Crippen LogP contribution in [0.15, 0.2) is 30.6 Å². The van der Waals surface area contributed by atoms with Crippen LogP contribution in [-0.2, 0) is 0 Å². The highest BCUT2D eigenvalue weighted by Gasteiger charge is 2.18. The van der Waals surface area contributed by atoms with E-state index in [0.717, 1.165) is 0 Å². The van der Waals surface area contributed by atoms with Gasteiger partial charge in [0.2, 0.25) is 0 Å². The molecule has 1 amide bonds. The molecule has 0 bridgehead atoms. The standard InChI is InChI=1S/C20H23ClN6O2/c1-10(2)26-20(29)14-8-24-19-18(14)27-16(9-25-19)17(22)13-5-4-12(21)6-15(13)23-7-11(3)28/h4-6,8-11,22-23,28H,7H2,1-3H3,(H,24,25)(H,26,29). The van der Waals surface area contributed by atoms with Gasteiger partial charge in [0.25, 0.3) is 5.91 Å². The van der Waals surface area contributed by atoms with Gasteiger partial charge in [-0.3, -0.25) is 10.2 Å². The van der Waals surface area contributed by atoms with E-state index in [9.17, 15) is 9.90 Å². The molecule has 2 heterocycles. The molecule has 3 aromatic rings. The third-order valence-corrected chi connectivity index (χ3v) is 4.38. The quantitative estimate of drug-likeness (QED) is 0.380. The number of carbonyl (C=O) groups excluding carboxylic acids is 1. The van der Waals surface area contributed by atoms with Crippen LogP contribution in [0.3, 0.4) is 0 Å². The van der Waals surface area contributed by atoms with Crippen LogP contribution < -0.4 is 10.6 Å². The Balaban J connectivity index is 1.98. The number of aromatic nitrogens is 3. The zero-order valence-corrected chi connectivity index (χ0v) is 17.1. The fourth-order valence-electron chi connectivity index (χ4n) is 2.80. The molecular formula is C20H23ClN6O2. The molecule has 0 aliphatic carbocycles.